The summed E-state index contributed by atoms with van der Waals surface area (Å²) in [7, 11) is 0. The number of nitrogens with one attached hydrogen (secondary N) is 1. The van der Waals surface area contributed by atoms with Crippen LogP contribution in [-0.2, 0) is 0 Å². The van der Waals surface area contributed by atoms with E-state index < -0.39 is 0 Å². The van der Waals surface area contributed by atoms with Crippen molar-refractivity contribution in [2.24, 2.45) is 0 Å². The lowest BCUT2D eigenvalue weighted by atomic mass is 10.0. The first-order valence-corrected chi connectivity index (χ1v) is 9.28. The van der Waals surface area contributed by atoms with Gasteiger partial charge in [0, 0.05) is 22.5 Å². The van der Waals surface area contributed by atoms with Gasteiger partial charge < -0.3 is 14.4 Å². The van der Waals surface area contributed by atoms with Gasteiger partial charge in [-0.15, -0.1) is 0 Å². The molecule has 28 heavy (non-hydrogen) atoms. The average molecular weight is 373 g/mol. The van der Waals surface area contributed by atoms with Crippen LogP contribution in [-0.4, -0.2) is 10.3 Å². The molecule has 0 unspecified atom stereocenters. The molecule has 0 atom stereocenters. The molecule has 142 valence electrons. The fourth-order valence-electron chi connectivity index (χ4n) is 3.58. The van der Waals surface area contributed by atoms with Crippen molar-refractivity contribution in [3.8, 4) is 22.3 Å². The molecule has 2 heterocycles. The molecule has 2 aromatic carbocycles. The highest BCUT2D eigenvalue weighted by atomic mass is 16.5. The van der Waals surface area contributed by atoms with Gasteiger partial charge >= 0.3 is 0 Å². The van der Waals surface area contributed by atoms with Gasteiger partial charge in [-0.25, -0.2) is 0 Å². The van der Waals surface area contributed by atoms with Crippen molar-refractivity contribution in [2.75, 3.05) is 5.32 Å². The predicted octanol–water partition coefficient (Wildman–Crippen LogP) is 6.28. The molecule has 0 spiro atoms. The molecule has 0 fully saturated rings. The fourth-order valence-corrected chi connectivity index (χ4v) is 3.58. The number of aryl methyl sites for hydroxylation is 5. The van der Waals surface area contributed by atoms with Crippen molar-refractivity contribution < 1.29 is 9.05 Å². The molecule has 0 aliphatic heterocycles. The zero-order chi connectivity index (χ0) is 19.8. The standard InChI is InChI=1S/C23H23N3O2/c1-13-6-7-19(23-15(3)26-28-17(23)5)12-21(13)24-20-10-8-18(9-11-20)22-14(2)25-27-16(22)4/h6-12,24H,1-5H3. The van der Waals surface area contributed by atoms with Crippen LogP contribution in [0.1, 0.15) is 28.5 Å². The van der Waals surface area contributed by atoms with Crippen molar-refractivity contribution in [2.45, 2.75) is 34.6 Å². The molecule has 4 aromatic rings. The van der Waals surface area contributed by atoms with Gasteiger partial charge in [-0.1, -0.05) is 34.6 Å². The van der Waals surface area contributed by atoms with E-state index in [0.717, 1.165) is 56.5 Å². The highest BCUT2D eigenvalue weighted by Crippen LogP contribution is 2.33. The minimum absolute atomic E-state index is 0.830. The molecule has 0 radical (unpaired) electrons. The molecule has 0 aliphatic carbocycles. The number of rotatable bonds is 4. The Labute approximate surface area is 164 Å². The first-order valence-electron chi connectivity index (χ1n) is 9.28. The van der Waals surface area contributed by atoms with E-state index in [9.17, 15) is 0 Å². The van der Waals surface area contributed by atoms with E-state index in [1.807, 2.05) is 27.7 Å². The lowest BCUT2D eigenvalue weighted by Gasteiger charge is -2.12. The summed E-state index contributed by atoms with van der Waals surface area (Å²) >= 11 is 0. The van der Waals surface area contributed by atoms with Crippen LogP contribution in [0.2, 0.25) is 0 Å². The molecule has 0 amide bonds. The summed E-state index contributed by atoms with van der Waals surface area (Å²) in [4.78, 5) is 0. The molecule has 4 rings (SSSR count). The maximum Gasteiger partial charge on any atom is 0.141 e. The summed E-state index contributed by atoms with van der Waals surface area (Å²) in [5, 5.41) is 11.6. The molecule has 2 aromatic heterocycles. The topological polar surface area (TPSA) is 64.1 Å². The third-order valence-electron chi connectivity index (χ3n) is 5.05. The van der Waals surface area contributed by atoms with Gasteiger partial charge in [0.15, 0.2) is 0 Å². The van der Waals surface area contributed by atoms with E-state index >= 15 is 0 Å². The molecule has 1 N–H and O–H groups in total. The van der Waals surface area contributed by atoms with E-state index in [1.165, 1.54) is 5.56 Å². The van der Waals surface area contributed by atoms with Crippen molar-refractivity contribution in [1.29, 1.82) is 0 Å². The van der Waals surface area contributed by atoms with Crippen LogP contribution in [0, 0.1) is 34.6 Å². The Bertz CT molecular complexity index is 1100. The lowest BCUT2D eigenvalue weighted by molar-refractivity contribution is 0.393. The van der Waals surface area contributed by atoms with Crippen molar-refractivity contribution >= 4 is 11.4 Å². The van der Waals surface area contributed by atoms with Gasteiger partial charge in [0.25, 0.3) is 0 Å². The minimum Gasteiger partial charge on any atom is -0.361 e. The molecular formula is C23H23N3O2. The van der Waals surface area contributed by atoms with Crippen LogP contribution < -0.4 is 5.32 Å². The quantitative estimate of drug-likeness (QED) is 0.456. The van der Waals surface area contributed by atoms with Gasteiger partial charge in [-0.2, -0.15) is 0 Å². The zero-order valence-corrected chi connectivity index (χ0v) is 16.8. The Morgan fingerprint density at radius 3 is 1.75 bits per heavy atom. The maximum atomic E-state index is 5.32. The van der Waals surface area contributed by atoms with Crippen LogP contribution >= 0.6 is 0 Å². The summed E-state index contributed by atoms with van der Waals surface area (Å²) in [6.45, 7) is 9.90. The second-order valence-corrected chi connectivity index (χ2v) is 7.13. The number of nitrogens with zero attached hydrogens (tertiary/aromatic N) is 2. The molecular weight excluding hydrogens is 350 g/mol. The monoisotopic (exact) mass is 373 g/mol. The van der Waals surface area contributed by atoms with Crippen LogP contribution in [0.3, 0.4) is 0 Å². The molecule has 0 saturated carbocycles. The third kappa shape index (κ3) is 3.20. The minimum atomic E-state index is 0.830. The van der Waals surface area contributed by atoms with E-state index in [2.05, 4.69) is 65.0 Å². The average Bonchev–Trinajstić information content (AvgIpc) is 3.19. The lowest BCUT2D eigenvalue weighted by Crippen LogP contribution is -1.94. The third-order valence-corrected chi connectivity index (χ3v) is 5.05. The van der Waals surface area contributed by atoms with Gasteiger partial charge in [0.1, 0.15) is 11.5 Å². The smallest absolute Gasteiger partial charge is 0.141 e. The first-order chi connectivity index (χ1) is 13.4. The van der Waals surface area contributed by atoms with E-state index in [0.29, 0.717) is 0 Å². The van der Waals surface area contributed by atoms with Crippen LogP contribution in [0.25, 0.3) is 22.3 Å². The Kier molecular flexibility index (Phi) is 4.51. The van der Waals surface area contributed by atoms with E-state index in [-0.39, 0.29) is 0 Å². The molecule has 0 bridgehead atoms. The second kappa shape index (κ2) is 7.00. The van der Waals surface area contributed by atoms with Crippen LogP contribution in [0.4, 0.5) is 11.4 Å². The van der Waals surface area contributed by atoms with Gasteiger partial charge in [-0.05, 0) is 69.5 Å². The molecule has 5 nitrogen and oxygen atoms in total. The predicted molar refractivity (Wildman–Crippen MR) is 111 cm³/mol. The Morgan fingerprint density at radius 2 is 1.21 bits per heavy atom. The number of anilines is 2. The molecule has 5 heteroatoms. The number of hydrogen-bond acceptors (Lipinski definition) is 5. The van der Waals surface area contributed by atoms with Gasteiger partial charge in [0.2, 0.25) is 0 Å². The zero-order valence-electron chi connectivity index (χ0n) is 16.8. The Balaban J connectivity index is 1.63. The van der Waals surface area contributed by atoms with Crippen molar-refractivity contribution in [3.63, 3.8) is 0 Å². The summed E-state index contributed by atoms with van der Waals surface area (Å²) in [6, 6.07) is 14.7. The van der Waals surface area contributed by atoms with Gasteiger partial charge in [0.05, 0.1) is 11.4 Å². The van der Waals surface area contributed by atoms with Gasteiger partial charge in [-0.3, -0.25) is 0 Å². The molecule has 0 saturated heterocycles. The SMILES string of the molecule is Cc1ccc(-c2c(C)noc2C)cc1Nc1ccc(-c2c(C)noc2C)cc1. The normalized spacial score (nSPS) is 11.0. The summed E-state index contributed by atoms with van der Waals surface area (Å²) in [6.07, 6.45) is 0. The van der Waals surface area contributed by atoms with Crippen LogP contribution in [0.15, 0.2) is 51.5 Å². The largest absolute Gasteiger partial charge is 0.361 e. The second-order valence-electron chi connectivity index (χ2n) is 7.13. The Morgan fingerprint density at radius 1 is 0.679 bits per heavy atom. The highest BCUT2D eigenvalue weighted by molar-refractivity contribution is 5.76. The van der Waals surface area contributed by atoms with E-state index in [4.69, 9.17) is 9.05 Å². The summed E-state index contributed by atoms with van der Waals surface area (Å²) in [5.41, 5.74) is 9.36. The summed E-state index contributed by atoms with van der Waals surface area (Å²) < 4.78 is 10.6. The van der Waals surface area contributed by atoms with Crippen molar-refractivity contribution in [1.82, 2.24) is 10.3 Å². The number of hydrogen-bond donors (Lipinski definition) is 1. The number of aromatic nitrogens is 2. The summed E-state index contributed by atoms with van der Waals surface area (Å²) in [5.74, 6) is 1.66. The van der Waals surface area contributed by atoms with Crippen LogP contribution in [0.5, 0.6) is 0 Å². The fraction of sp³-hybridized carbons (Fsp3) is 0.217. The maximum absolute atomic E-state index is 5.32. The Hall–Kier alpha value is -3.34. The highest BCUT2D eigenvalue weighted by Gasteiger charge is 2.14. The van der Waals surface area contributed by atoms with Crippen molar-refractivity contribution in [3.05, 3.63) is 70.9 Å². The first kappa shape index (κ1) is 18.0. The van der Waals surface area contributed by atoms with E-state index in [1.54, 1.807) is 0 Å². The number of benzene rings is 2. The molecule has 0 aliphatic rings.